The van der Waals surface area contributed by atoms with Crippen molar-refractivity contribution in [2.24, 2.45) is 0 Å². The first-order valence-electron chi connectivity index (χ1n) is 8.49. The topological polar surface area (TPSA) is 97.1 Å². The van der Waals surface area contributed by atoms with Gasteiger partial charge in [-0.25, -0.2) is 4.79 Å². The van der Waals surface area contributed by atoms with Gasteiger partial charge < -0.3 is 14.9 Å². The van der Waals surface area contributed by atoms with Gasteiger partial charge in [-0.3, -0.25) is 13.7 Å². The highest BCUT2D eigenvalue weighted by atomic mass is 35.5. The molecule has 3 heterocycles. The van der Waals surface area contributed by atoms with Crippen LogP contribution in [0.15, 0.2) is 29.2 Å². The molecule has 9 nitrogen and oxygen atoms in total. The van der Waals surface area contributed by atoms with Gasteiger partial charge in [0, 0.05) is 16.0 Å². The van der Waals surface area contributed by atoms with Crippen molar-refractivity contribution in [1.82, 2.24) is 18.7 Å². The highest BCUT2D eigenvalue weighted by molar-refractivity contribution is 6.31. The summed E-state index contributed by atoms with van der Waals surface area (Å²) in [4.78, 5) is 27.2. The summed E-state index contributed by atoms with van der Waals surface area (Å²) >= 11 is 6.15. The fraction of sp³-hybridized carbons (Fsp3) is 0.412. The molecule has 3 aromatic rings. The first-order valence-corrected chi connectivity index (χ1v) is 8.87. The number of hydrogen-bond acceptors (Lipinski definition) is 5. The molecule has 1 aliphatic heterocycles. The number of hydrogen-bond donors (Lipinski definition) is 0. The summed E-state index contributed by atoms with van der Waals surface area (Å²) in [5, 5.41) is 11.4. The highest BCUT2D eigenvalue weighted by Gasteiger charge is 2.41. The number of imidazole rings is 2. The van der Waals surface area contributed by atoms with Crippen molar-refractivity contribution in [2.45, 2.75) is 45.5 Å². The van der Waals surface area contributed by atoms with Crippen LogP contribution in [0.2, 0.25) is 5.02 Å². The zero-order valence-corrected chi connectivity index (χ0v) is 15.8. The SMILES string of the molecule is CC(C)n1c(=O)n(CC2(C)Cn3cc([N+](=O)[O-])nc3O2)c2cc(Cl)ccc21. The Bertz CT molecular complexity index is 1100. The molecule has 1 aliphatic rings. The third-order valence-electron chi connectivity index (χ3n) is 4.69. The Morgan fingerprint density at radius 3 is 2.78 bits per heavy atom. The van der Waals surface area contributed by atoms with Gasteiger partial charge in [0.25, 0.3) is 0 Å². The first-order chi connectivity index (χ1) is 12.7. The predicted molar refractivity (Wildman–Crippen MR) is 99.5 cm³/mol. The Labute approximate surface area is 158 Å². The number of nitro groups is 1. The van der Waals surface area contributed by atoms with E-state index in [2.05, 4.69) is 4.98 Å². The molecule has 0 saturated heterocycles. The Morgan fingerprint density at radius 1 is 1.41 bits per heavy atom. The van der Waals surface area contributed by atoms with E-state index < -0.39 is 10.5 Å². The number of nitrogens with zero attached hydrogens (tertiary/aromatic N) is 5. The summed E-state index contributed by atoms with van der Waals surface area (Å²) in [6.07, 6.45) is 1.34. The number of halogens is 1. The maximum absolute atomic E-state index is 13.0. The van der Waals surface area contributed by atoms with Crippen LogP contribution in [0, 0.1) is 10.1 Å². The van der Waals surface area contributed by atoms with Gasteiger partial charge in [-0.05, 0) is 43.9 Å². The van der Waals surface area contributed by atoms with E-state index in [9.17, 15) is 14.9 Å². The molecule has 1 aromatic carbocycles. The maximum atomic E-state index is 13.0. The van der Waals surface area contributed by atoms with E-state index in [1.54, 1.807) is 25.8 Å². The lowest BCUT2D eigenvalue weighted by Crippen LogP contribution is -2.40. The van der Waals surface area contributed by atoms with Gasteiger partial charge in [0.2, 0.25) is 0 Å². The predicted octanol–water partition coefficient (Wildman–Crippen LogP) is 2.99. The van der Waals surface area contributed by atoms with Crippen LogP contribution in [0.3, 0.4) is 0 Å². The molecule has 27 heavy (non-hydrogen) atoms. The van der Waals surface area contributed by atoms with Gasteiger partial charge in [-0.15, -0.1) is 0 Å². The van der Waals surface area contributed by atoms with E-state index in [0.717, 1.165) is 11.0 Å². The van der Waals surface area contributed by atoms with Crippen LogP contribution in [0.25, 0.3) is 11.0 Å². The summed E-state index contributed by atoms with van der Waals surface area (Å²) in [5.74, 6) is -0.257. The minimum atomic E-state index is -0.764. The van der Waals surface area contributed by atoms with Crippen LogP contribution in [-0.4, -0.2) is 29.2 Å². The highest BCUT2D eigenvalue weighted by Crippen LogP contribution is 2.32. The molecule has 0 saturated carbocycles. The van der Waals surface area contributed by atoms with E-state index >= 15 is 0 Å². The molecule has 0 radical (unpaired) electrons. The third kappa shape index (κ3) is 2.78. The summed E-state index contributed by atoms with van der Waals surface area (Å²) in [6, 6.07) is 5.52. The minimum absolute atomic E-state index is 0.0159. The van der Waals surface area contributed by atoms with Crippen LogP contribution >= 0.6 is 11.6 Å². The van der Waals surface area contributed by atoms with Crippen LogP contribution in [0.4, 0.5) is 5.82 Å². The molecule has 10 heteroatoms. The molecule has 1 unspecified atom stereocenters. The Morgan fingerprint density at radius 2 is 2.15 bits per heavy atom. The van der Waals surface area contributed by atoms with Crippen molar-refractivity contribution in [3.63, 3.8) is 0 Å². The average molecular weight is 392 g/mol. The average Bonchev–Trinajstić information content (AvgIpc) is 3.16. The van der Waals surface area contributed by atoms with Crippen molar-refractivity contribution in [1.29, 1.82) is 0 Å². The lowest BCUT2D eigenvalue weighted by Gasteiger charge is -2.22. The van der Waals surface area contributed by atoms with E-state index in [1.165, 1.54) is 6.20 Å². The van der Waals surface area contributed by atoms with Crippen molar-refractivity contribution in [2.75, 3.05) is 0 Å². The Balaban J connectivity index is 1.74. The second-order valence-electron chi connectivity index (χ2n) is 7.28. The zero-order chi connectivity index (χ0) is 19.5. The fourth-order valence-corrected chi connectivity index (χ4v) is 3.77. The monoisotopic (exact) mass is 391 g/mol. The van der Waals surface area contributed by atoms with Crippen LogP contribution in [-0.2, 0) is 13.1 Å². The van der Waals surface area contributed by atoms with Gasteiger partial charge in [-0.1, -0.05) is 11.6 Å². The molecule has 0 bridgehead atoms. The summed E-state index contributed by atoms with van der Waals surface area (Å²) < 4.78 is 10.8. The summed E-state index contributed by atoms with van der Waals surface area (Å²) in [6.45, 7) is 6.36. The van der Waals surface area contributed by atoms with Crippen molar-refractivity contribution < 1.29 is 9.66 Å². The number of aromatic nitrogens is 4. The van der Waals surface area contributed by atoms with Crippen LogP contribution < -0.4 is 10.4 Å². The van der Waals surface area contributed by atoms with Gasteiger partial charge in [-0.2, -0.15) is 0 Å². The van der Waals surface area contributed by atoms with Crippen molar-refractivity contribution in [3.05, 3.63) is 50.0 Å². The van der Waals surface area contributed by atoms with Crippen molar-refractivity contribution >= 4 is 28.5 Å². The molecule has 0 aliphatic carbocycles. The molecule has 2 aromatic heterocycles. The quantitative estimate of drug-likeness (QED) is 0.503. The lowest BCUT2D eigenvalue weighted by molar-refractivity contribution is -0.389. The molecule has 0 spiro atoms. The Hall–Kier alpha value is -2.81. The second-order valence-corrected chi connectivity index (χ2v) is 7.72. The number of benzene rings is 1. The molecule has 1 atom stereocenters. The Kier molecular flexibility index (Phi) is 3.81. The van der Waals surface area contributed by atoms with Crippen LogP contribution in [0.1, 0.15) is 26.8 Å². The fourth-order valence-electron chi connectivity index (χ4n) is 3.60. The summed E-state index contributed by atoms with van der Waals surface area (Å²) in [5.41, 5.74) is 0.609. The molecule has 0 N–H and O–H groups in total. The largest absolute Gasteiger partial charge is 0.436 e. The normalized spacial score (nSPS) is 18.9. The third-order valence-corrected chi connectivity index (χ3v) is 4.93. The number of ether oxygens (including phenoxy) is 1. The first kappa shape index (κ1) is 17.6. The standard InChI is InChI=1S/C17H18ClN5O4/c1-10(2)22-12-5-4-11(18)6-13(12)21(16(22)24)9-17(3)8-20-7-14(23(25)26)19-15(20)27-17/h4-7,10H,8-9H2,1-3H3. The molecule has 142 valence electrons. The molecule has 4 rings (SSSR count). The van der Waals surface area contributed by atoms with Gasteiger partial charge in [0.15, 0.2) is 0 Å². The summed E-state index contributed by atoms with van der Waals surface area (Å²) in [7, 11) is 0. The maximum Gasteiger partial charge on any atom is 0.415 e. The number of fused-ring (bicyclic) bond motifs is 2. The zero-order valence-electron chi connectivity index (χ0n) is 15.0. The van der Waals surface area contributed by atoms with E-state index in [4.69, 9.17) is 16.3 Å². The molecular weight excluding hydrogens is 374 g/mol. The van der Waals surface area contributed by atoms with Gasteiger partial charge in [0.1, 0.15) is 11.8 Å². The van der Waals surface area contributed by atoms with E-state index in [0.29, 0.717) is 11.6 Å². The lowest BCUT2D eigenvalue weighted by atomic mass is 10.1. The van der Waals surface area contributed by atoms with Crippen molar-refractivity contribution in [3.8, 4) is 6.01 Å². The van der Waals surface area contributed by atoms with Gasteiger partial charge in [0.05, 0.1) is 24.1 Å². The van der Waals surface area contributed by atoms with E-state index in [-0.39, 0.29) is 30.1 Å². The minimum Gasteiger partial charge on any atom is -0.436 e. The number of rotatable bonds is 4. The molecular formula is C17H18ClN5O4. The second kappa shape index (κ2) is 5.85. The molecule has 0 fully saturated rings. The van der Waals surface area contributed by atoms with Crippen LogP contribution in [0.5, 0.6) is 6.01 Å². The molecule has 0 amide bonds. The smallest absolute Gasteiger partial charge is 0.415 e. The van der Waals surface area contributed by atoms with Gasteiger partial charge >= 0.3 is 17.5 Å². The van der Waals surface area contributed by atoms with E-state index in [1.807, 2.05) is 26.8 Å².